The molecule has 0 aromatic rings. The summed E-state index contributed by atoms with van der Waals surface area (Å²) in [6.07, 6.45) is 6.81. The van der Waals surface area contributed by atoms with Crippen LogP contribution in [0.1, 0.15) is 6.92 Å². The summed E-state index contributed by atoms with van der Waals surface area (Å²) >= 11 is 0. The van der Waals surface area contributed by atoms with Crippen molar-refractivity contribution in [2.24, 2.45) is 4.99 Å². The summed E-state index contributed by atoms with van der Waals surface area (Å²) in [6, 6.07) is 0. The molecule has 0 unspecified atom stereocenters. The van der Waals surface area contributed by atoms with E-state index in [1.54, 1.807) is 0 Å². The normalized spacial score (nSPS) is 23.3. The van der Waals surface area contributed by atoms with Crippen molar-refractivity contribution >= 4 is 5.84 Å². The van der Waals surface area contributed by atoms with E-state index in [9.17, 15) is 0 Å². The second-order valence-corrected chi connectivity index (χ2v) is 2.87. The predicted octanol–water partition coefficient (Wildman–Crippen LogP) is 0.620. The highest BCUT2D eigenvalue weighted by molar-refractivity contribution is 6.02. The molecule has 0 aromatic carbocycles. The van der Waals surface area contributed by atoms with Gasteiger partial charge >= 0.3 is 0 Å². The highest BCUT2D eigenvalue weighted by Crippen LogP contribution is 2.13. The summed E-state index contributed by atoms with van der Waals surface area (Å²) in [5.41, 5.74) is 1.19. The van der Waals surface area contributed by atoms with E-state index in [4.69, 9.17) is 0 Å². The zero-order valence-electron chi connectivity index (χ0n) is 6.70. The molecule has 0 amide bonds. The van der Waals surface area contributed by atoms with Crippen LogP contribution in [0.4, 0.5) is 0 Å². The van der Waals surface area contributed by atoms with Gasteiger partial charge in [0.2, 0.25) is 6.67 Å². The second-order valence-electron chi connectivity index (χ2n) is 2.87. The van der Waals surface area contributed by atoms with Crippen molar-refractivity contribution in [3.05, 3.63) is 24.2 Å². The number of fused-ring (bicyclic) bond motifs is 1. The van der Waals surface area contributed by atoms with Crippen molar-refractivity contribution in [2.45, 2.75) is 6.92 Å². The molecule has 0 aromatic heterocycles. The first-order valence-corrected chi connectivity index (χ1v) is 3.59. The van der Waals surface area contributed by atoms with Gasteiger partial charge in [0.1, 0.15) is 0 Å². The summed E-state index contributed by atoms with van der Waals surface area (Å²) in [5.74, 6) is 1.03. The van der Waals surface area contributed by atoms with Crippen molar-refractivity contribution in [3.8, 4) is 0 Å². The Morgan fingerprint density at radius 1 is 1.73 bits per heavy atom. The van der Waals surface area contributed by atoms with E-state index < -0.39 is 0 Å². The van der Waals surface area contributed by atoms with Crippen molar-refractivity contribution in [1.82, 2.24) is 9.80 Å². The quantitative estimate of drug-likeness (QED) is 0.461. The van der Waals surface area contributed by atoms with Gasteiger partial charge in [0.25, 0.3) is 5.84 Å². The van der Waals surface area contributed by atoms with Gasteiger partial charge in [0, 0.05) is 13.2 Å². The number of amidine groups is 1. The van der Waals surface area contributed by atoms with Crippen LogP contribution in [0.3, 0.4) is 0 Å². The Morgan fingerprint density at radius 2 is 2.55 bits per heavy atom. The lowest BCUT2D eigenvalue weighted by atomic mass is 10.2. The number of hydrogen-bond donors (Lipinski definition) is 0. The van der Waals surface area contributed by atoms with Gasteiger partial charge in [-0.3, -0.25) is 0 Å². The minimum absolute atomic E-state index is 0.878. The molecule has 0 atom stereocenters. The van der Waals surface area contributed by atoms with Gasteiger partial charge in [-0.1, -0.05) is 4.90 Å². The van der Waals surface area contributed by atoms with E-state index in [1.165, 1.54) is 5.57 Å². The third-order valence-electron chi connectivity index (χ3n) is 1.80. The van der Waals surface area contributed by atoms with Crippen LogP contribution in [0, 0.1) is 6.20 Å². The molecule has 0 bridgehead atoms. The van der Waals surface area contributed by atoms with Gasteiger partial charge in [-0.15, -0.1) is 0 Å². The van der Waals surface area contributed by atoms with Gasteiger partial charge in [0.05, 0.1) is 5.57 Å². The van der Waals surface area contributed by atoms with Crippen molar-refractivity contribution in [1.29, 1.82) is 0 Å². The van der Waals surface area contributed by atoms with E-state index in [1.807, 2.05) is 13.2 Å². The van der Waals surface area contributed by atoms with Gasteiger partial charge in [-0.05, 0) is 6.92 Å². The fraction of sp³-hybridized carbons (Fsp3) is 0.375. The minimum atomic E-state index is 0.878. The second kappa shape index (κ2) is 2.20. The van der Waals surface area contributed by atoms with Crippen LogP contribution in [0.5, 0.6) is 0 Å². The summed E-state index contributed by atoms with van der Waals surface area (Å²) < 4.78 is 0. The highest BCUT2D eigenvalue weighted by atomic mass is 15.3. The van der Waals surface area contributed by atoms with Crippen LogP contribution in [0.15, 0.2) is 23.0 Å². The van der Waals surface area contributed by atoms with Crippen LogP contribution in [-0.4, -0.2) is 24.5 Å². The molecule has 2 aliphatic rings. The average molecular weight is 148 g/mol. The summed E-state index contributed by atoms with van der Waals surface area (Å²) in [4.78, 5) is 8.32. The first kappa shape index (κ1) is 6.61. The maximum atomic E-state index is 4.12. The Labute approximate surface area is 66.3 Å². The molecular formula is C8H10N3+. The van der Waals surface area contributed by atoms with Gasteiger partial charge < -0.3 is 4.90 Å². The third-order valence-corrected chi connectivity index (χ3v) is 1.80. The molecule has 0 saturated carbocycles. The molecule has 0 N–H and O–H groups in total. The smallest absolute Gasteiger partial charge is 0.288 e. The van der Waals surface area contributed by atoms with E-state index >= 15 is 0 Å². The van der Waals surface area contributed by atoms with Crippen molar-refractivity contribution in [2.75, 3.05) is 13.7 Å². The lowest BCUT2D eigenvalue weighted by Gasteiger charge is -2.19. The molecular weight excluding hydrogens is 138 g/mol. The van der Waals surface area contributed by atoms with E-state index in [0.29, 0.717) is 0 Å². The zero-order chi connectivity index (χ0) is 7.84. The Kier molecular flexibility index (Phi) is 1.32. The molecule has 0 fully saturated rings. The maximum absolute atomic E-state index is 4.12. The van der Waals surface area contributed by atoms with Crippen LogP contribution < -0.4 is 4.90 Å². The molecule has 3 nitrogen and oxygen atoms in total. The first-order chi connectivity index (χ1) is 5.27. The summed E-state index contributed by atoms with van der Waals surface area (Å²) in [5, 5.41) is 0. The topological polar surface area (TPSA) is 21.5 Å². The number of hydrogen-bond acceptors (Lipinski definition) is 3. The number of aliphatic imine (C=N–C) groups is 1. The Balaban J connectivity index is 2.34. The minimum Gasteiger partial charge on any atom is -0.330 e. The monoisotopic (exact) mass is 148 g/mol. The number of rotatable bonds is 0. The van der Waals surface area contributed by atoms with Crippen LogP contribution in [-0.2, 0) is 0 Å². The van der Waals surface area contributed by atoms with Crippen LogP contribution in [0.2, 0.25) is 0 Å². The van der Waals surface area contributed by atoms with Gasteiger partial charge in [0.15, 0.2) is 12.4 Å². The molecule has 3 heteroatoms. The van der Waals surface area contributed by atoms with E-state index in [2.05, 4.69) is 34.1 Å². The predicted molar refractivity (Wildman–Crippen MR) is 43.8 cm³/mol. The van der Waals surface area contributed by atoms with Gasteiger partial charge in [-0.25, -0.2) is 0 Å². The Bertz CT molecular complexity index is 263. The Morgan fingerprint density at radius 3 is 3.36 bits per heavy atom. The molecule has 56 valence electrons. The fourth-order valence-electron chi connectivity index (χ4n) is 1.38. The van der Waals surface area contributed by atoms with Crippen LogP contribution in [0.25, 0.3) is 0 Å². The zero-order valence-corrected chi connectivity index (χ0v) is 6.70. The third kappa shape index (κ3) is 0.973. The lowest BCUT2D eigenvalue weighted by Crippen LogP contribution is -2.41. The van der Waals surface area contributed by atoms with Crippen molar-refractivity contribution in [3.63, 3.8) is 0 Å². The average Bonchev–Trinajstić information content (AvgIpc) is 2.34. The highest BCUT2D eigenvalue weighted by Gasteiger charge is 2.31. The lowest BCUT2D eigenvalue weighted by molar-refractivity contribution is 0.387. The summed E-state index contributed by atoms with van der Waals surface area (Å²) in [6.45, 7) is 2.94. The largest absolute Gasteiger partial charge is 0.330 e. The first-order valence-electron chi connectivity index (χ1n) is 3.59. The molecule has 2 radical (unpaired) electrons. The maximum Gasteiger partial charge on any atom is 0.288 e. The molecule has 2 heterocycles. The molecule has 0 saturated heterocycles. The summed E-state index contributed by atoms with van der Waals surface area (Å²) in [7, 11) is 2.05. The van der Waals surface area contributed by atoms with Gasteiger partial charge in [-0.2, -0.15) is 4.99 Å². The SMILES string of the molecule is CC1=CN(C)C[N+]2C=[C]N=C12. The van der Waals surface area contributed by atoms with Crippen molar-refractivity contribution < 1.29 is 0 Å². The standard InChI is InChI=1S/C8H10N3/c1-7-5-10(2)6-11-4-3-9-8(7)11/h4-5H,6H2,1-2H3/q+1. The molecule has 11 heavy (non-hydrogen) atoms. The molecule has 2 aliphatic heterocycles. The van der Waals surface area contributed by atoms with Crippen LogP contribution >= 0.6 is 0 Å². The Hall–Kier alpha value is -1.09. The van der Waals surface area contributed by atoms with E-state index in [0.717, 1.165) is 12.5 Å². The van der Waals surface area contributed by atoms with E-state index in [-0.39, 0.29) is 0 Å². The number of nitrogens with zero attached hydrogens (tertiary/aromatic N) is 3. The molecule has 2 rings (SSSR count). The molecule has 0 aliphatic carbocycles. The molecule has 0 spiro atoms. The fourth-order valence-corrected chi connectivity index (χ4v) is 1.38.